The van der Waals surface area contributed by atoms with Gasteiger partial charge in [-0.3, -0.25) is 9.78 Å². The number of nitrogens with one attached hydrogen (secondary N) is 2. The Hall–Kier alpha value is -2.80. The number of rotatable bonds is 5. The molecule has 6 nitrogen and oxygen atoms in total. The zero-order chi connectivity index (χ0) is 16.2. The number of H-pyrrole nitrogens is 1. The second kappa shape index (κ2) is 6.53. The van der Waals surface area contributed by atoms with Crippen molar-refractivity contribution < 1.29 is 14.3 Å². The molecule has 0 aromatic carbocycles. The molecule has 0 aliphatic heterocycles. The van der Waals surface area contributed by atoms with Crippen molar-refractivity contribution in [3.05, 3.63) is 48.5 Å². The molecule has 23 heavy (non-hydrogen) atoms. The highest BCUT2D eigenvalue weighted by Gasteiger charge is 2.11. The van der Waals surface area contributed by atoms with Crippen LogP contribution in [-0.4, -0.2) is 45.3 Å². The van der Waals surface area contributed by atoms with Crippen molar-refractivity contribution in [1.82, 2.24) is 20.3 Å². The van der Waals surface area contributed by atoms with Gasteiger partial charge in [0.25, 0.3) is 5.91 Å². The molecule has 1 unspecified atom stereocenters. The summed E-state index contributed by atoms with van der Waals surface area (Å²) < 4.78 is 12.2. The lowest BCUT2D eigenvalue weighted by Crippen LogP contribution is -2.33. The lowest BCUT2D eigenvalue weighted by atomic mass is 10.1. The number of carbonyl (C=O) groups excluding carboxylic acids is 1. The fourth-order valence-electron chi connectivity index (χ4n) is 2.19. The average Bonchev–Trinajstić information content (AvgIpc) is 3.07. The third-order valence-corrected chi connectivity index (χ3v) is 3.40. The van der Waals surface area contributed by atoms with Gasteiger partial charge in [-0.05, 0) is 29.8 Å². The Kier molecular flexibility index (Phi) is 4.29. The monoisotopic (exact) mass is 314 g/mol. The van der Waals surface area contributed by atoms with E-state index in [1.165, 1.54) is 6.20 Å². The van der Waals surface area contributed by atoms with Gasteiger partial charge < -0.3 is 15.4 Å². The number of carbonyl (C=O) groups is 1. The van der Waals surface area contributed by atoms with E-state index in [-0.39, 0.29) is 12.2 Å². The zero-order valence-electron chi connectivity index (χ0n) is 12.2. The van der Waals surface area contributed by atoms with E-state index in [2.05, 4.69) is 20.3 Å². The molecule has 3 heterocycles. The van der Waals surface area contributed by atoms with Crippen LogP contribution in [0.25, 0.3) is 22.2 Å². The number of aromatic nitrogens is 3. The second-order valence-electron chi connectivity index (χ2n) is 5.09. The van der Waals surface area contributed by atoms with Crippen LogP contribution in [0.5, 0.6) is 0 Å². The van der Waals surface area contributed by atoms with Crippen LogP contribution >= 0.6 is 0 Å². The number of amides is 1. The summed E-state index contributed by atoms with van der Waals surface area (Å²) in [5.41, 5.74) is 2.65. The first-order chi connectivity index (χ1) is 11.2. The van der Waals surface area contributed by atoms with Crippen LogP contribution in [0.2, 0.25) is 0 Å². The molecule has 0 fully saturated rings. The molecule has 0 saturated carbocycles. The Morgan fingerprint density at radius 1 is 1.30 bits per heavy atom. The Bertz CT molecular complexity index is 834. The van der Waals surface area contributed by atoms with Crippen LogP contribution in [0.15, 0.2) is 42.9 Å². The molecular weight excluding hydrogens is 299 g/mol. The van der Waals surface area contributed by atoms with Gasteiger partial charge in [-0.25, -0.2) is 9.37 Å². The average molecular weight is 314 g/mol. The molecule has 0 bridgehead atoms. The summed E-state index contributed by atoms with van der Waals surface area (Å²) in [6, 6.07) is 7.29. The molecular formula is C16H15FN4O2. The Balaban J connectivity index is 1.82. The molecule has 0 radical (unpaired) electrons. The lowest BCUT2D eigenvalue weighted by molar-refractivity contribution is 0.0890. The Morgan fingerprint density at radius 2 is 2.17 bits per heavy atom. The summed E-state index contributed by atoms with van der Waals surface area (Å²) in [6.07, 6.45) is 3.84. The van der Waals surface area contributed by atoms with Crippen LogP contribution in [-0.2, 0) is 0 Å². The molecule has 7 heteroatoms. The highest BCUT2D eigenvalue weighted by molar-refractivity contribution is 5.93. The van der Waals surface area contributed by atoms with Gasteiger partial charge in [0.15, 0.2) is 0 Å². The van der Waals surface area contributed by atoms with Gasteiger partial charge in [-0.2, -0.15) is 0 Å². The maximum Gasteiger partial charge on any atom is 0.269 e. The van der Waals surface area contributed by atoms with Gasteiger partial charge in [-0.15, -0.1) is 0 Å². The van der Waals surface area contributed by atoms with Crippen molar-refractivity contribution >= 4 is 16.9 Å². The summed E-state index contributed by atoms with van der Waals surface area (Å²) in [5, 5.41) is 12.6. The van der Waals surface area contributed by atoms with Gasteiger partial charge in [-0.1, -0.05) is 0 Å². The summed E-state index contributed by atoms with van der Waals surface area (Å²) in [7, 11) is 0. The van der Waals surface area contributed by atoms with E-state index in [1.54, 1.807) is 18.3 Å². The largest absolute Gasteiger partial charge is 0.389 e. The van der Waals surface area contributed by atoms with Crippen molar-refractivity contribution in [3.8, 4) is 11.1 Å². The summed E-state index contributed by atoms with van der Waals surface area (Å²) in [4.78, 5) is 23.3. The molecule has 0 aliphatic carbocycles. The van der Waals surface area contributed by atoms with Crippen molar-refractivity contribution in [2.75, 3.05) is 13.2 Å². The second-order valence-corrected chi connectivity index (χ2v) is 5.09. The van der Waals surface area contributed by atoms with E-state index in [9.17, 15) is 9.18 Å². The van der Waals surface area contributed by atoms with Crippen molar-refractivity contribution in [2.45, 2.75) is 6.10 Å². The standard InChI is InChI=1S/C16H15FN4O2/c17-7-13(22)9-21-16(23)14-6-10(1-3-18-14)12-5-11-2-4-19-15(11)20-8-12/h1-6,8,13,22H,7,9H2,(H,19,20)(H,21,23). The molecule has 0 spiro atoms. The number of fused-ring (bicyclic) bond motifs is 1. The lowest BCUT2D eigenvalue weighted by Gasteiger charge is -2.08. The molecule has 118 valence electrons. The van der Waals surface area contributed by atoms with Gasteiger partial charge in [0.2, 0.25) is 0 Å². The van der Waals surface area contributed by atoms with Gasteiger partial charge >= 0.3 is 0 Å². The van der Waals surface area contributed by atoms with E-state index >= 15 is 0 Å². The molecule has 1 amide bonds. The third kappa shape index (κ3) is 3.35. The maximum absolute atomic E-state index is 12.2. The molecule has 3 aromatic rings. The smallest absolute Gasteiger partial charge is 0.269 e. The number of pyridine rings is 2. The predicted molar refractivity (Wildman–Crippen MR) is 83.6 cm³/mol. The van der Waals surface area contributed by atoms with Crippen LogP contribution in [0.4, 0.5) is 4.39 Å². The number of halogens is 1. The van der Waals surface area contributed by atoms with E-state index in [0.717, 1.165) is 22.2 Å². The first-order valence-corrected chi connectivity index (χ1v) is 7.09. The zero-order valence-corrected chi connectivity index (χ0v) is 12.2. The van der Waals surface area contributed by atoms with E-state index in [1.807, 2.05) is 18.3 Å². The molecule has 1 atom stereocenters. The molecule has 3 N–H and O–H groups in total. The molecule has 0 aliphatic rings. The minimum Gasteiger partial charge on any atom is -0.389 e. The van der Waals surface area contributed by atoms with Crippen molar-refractivity contribution in [2.24, 2.45) is 0 Å². The first kappa shape index (κ1) is 15.1. The fraction of sp³-hybridized carbons (Fsp3) is 0.188. The van der Waals surface area contributed by atoms with Gasteiger partial charge in [0.05, 0.1) is 6.10 Å². The van der Waals surface area contributed by atoms with Crippen LogP contribution in [0.1, 0.15) is 10.5 Å². The molecule has 3 rings (SSSR count). The normalized spacial score (nSPS) is 12.3. The molecule has 0 saturated heterocycles. The van der Waals surface area contributed by atoms with Gasteiger partial charge in [0.1, 0.15) is 18.0 Å². The molecule has 3 aromatic heterocycles. The van der Waals surface area contributed by atoms with E-state index in [0.29, 0.717) is 0 Å². The summed E-state index contributed by atoms with van der Waals surface area (Å²) in [5.74, 6) is -0.463. The number of hydrogen-bond donors (Lipinski definition) is 3. The highest BCUT2D eigenvalue weighted by atomic mass is 19.1. The van der Waals surface area contributed by atoms with Crippen LogP contribution in [0.3, 0.4) is 0 Å². The quantitative estimate of drug-likeness (QED) is 0.668. The van der Waals surface area contributed by atoms with Crippen LogP contribution in [0, 0.1) is 0 Å². The number of alkyl halides is 1. The van der Waals surface area contributed by atoms with Crippen molar-refractivity contribution in [3.63, 3.8) is 0 Å². The van der Waals surface area contributed by atoms with Gasteiger partial charge in [0, 0.05) is 36.1 Å². The number of aliphatic hydroxyl groups excluding tert-OH is 1. The number of aliphatic hydroxyl groups is 1. The Labute approximate surface area is 131 Å². The Morgan fingerprint density at radius 3 is 3.00 bits per heavy atom. The number of aromatic amines is 1. The van der Waals surface area contributed by atoms with E-state index in [4.69, 9.17) is 5.11 Å². The topological polar surface area (TPSA) is 90.9 Å². The van der Waals surface area contributed by atoms with Crippen LogP contribution < -0.4 is 5.32 Å². The van der Waals surface area contributed by atoms with Crippen molar-refractivity contribution in [1.29, 1.82) is 0 Å². The SMILES string of the molecule is O=C(NCC(O)CF)c1cc(-c2cnc3[nH]ccc3c2)ccn1. The minimum atomic E-state index is -1.21. The highest BCUT2D eigenvalue weighted by Crippen LogP contribution is 2.22. The first-order valence-electron chi connectivity index (χ1n) is 7.09. The fourth-order valence-corrected chi connectivity index (χ4v) is 2.19. The number of nitrogens with zero attached hydrogens (tertiary/aromatic N) is 2. The maximum atomic E-state index is 12.2. The summed E-state index contributed by atoms with van der Waals surface area (Å²) >= 11 is 0. The minimum absolute atomic E-state index is 0.155. The summed E-state index contributed by atoms with van der Waals surface area (Å²) in [6.45, 7) is -1.06. The third-order valence-electron chi connectivity index (χ3n) is 3.40. The number of hydrogen-bond acceptors (Lipinski definition) is 4. The van der Waals surface area contributed by atoms with E-state index < -0.39 is 18.7 Å². The predicted octanol–water partition coefficient (Wildman–Crippen LogP) is 1.69.